The fourth-order valence-corrected chi connectivity index (χ4v) is 1.92. The first kappa shape index (κ1) is 14.5. The third kappa shape index (κ3) is 4.03. The van der Waals surface area contributed by atoms with E-state index >= 15 is 0 Å². The molecule has 6 heteroatoms. The number of nitrogens with two attached hydrogens (primary N) is 1. The summed E-state index contributed by atoms with van der Waals surface area (Å²) in [7, 11) is 0. The molecule has 1 atom stereocenters. The molecule has 0 spiro atoms. The maximum atomic E-state index is 12.0. The zero-order chi connectivity index (χ0) is 13.5. The van der Waals surface area contributed by atoms with E-state index in [0.29, 0.717) is 12.0 Å². The van der Waals surface area contributed by atoms with Gasteiger partial charge in [0, 0.05) is 10.0 Å². The Balaban J connectivity index is 2.78. The normalized spacial score (nSPS) is 13.1. The standard InChI is InChI=1S/C12H16BrN3O2/c1-2-4-10(11(14)16-18)15-12(17)8-5-3-6-9(13)7-8/h3,5-7,10,18H,2,4H2,1H3,(H2,14,16)(H,15,17). The highest BCUT2D eigenvalue weighted by Crippen LogP contribution is 2.12. The summed E-state index contributed by atoms with van der Waals surface area (Å²) in [6, 6.07) is 6.58. The number of nitrogens with zero attached hydrogens (tertiary/aromatic N) is 1. The number of amidine groups is 1. The molecule has 0 heterocycles. The predicted molar refractivity (Wildman–Crippen MR) is 73.7 cm³/mol. The van der Waals surface area contributed by atoms with E-state index in [1.807, 2.05) is 13.0 Å². The van der Waals surface area contributed by atoms with Crippen LogP contribution in [0.2, 0.25) is 0 Å². The van der Waals surface area contributed by atoms with Crippen molar-refractivity contribution >= 4 is 27.7 Å². The summed E-state index contributed by atoms with van der Waals surface area (Å²) in [6.07, 6.45) is 1.44. The van der Waals surface area contributed by atoms with Crippen molar-refractivity contribution < 1.29 is 10.0 Å². The number of nitrogens with one attached hydrogen (secondary N) is 1. The number of hydrogen-bond donors (Lipinski definition) is 3. The first-order valence-electron chi connectivity index (χ1n) is 5.62. The van der Waals surface area contributed by atoms with Crippen molar-refractivity contribution in [2.24, 2.45) is 10.9 Å². The number of rotatable bonds is 5. The van der Waals surface area contributed by atoms with Crippen LogP contribution in [0.15, 0.2) is 33.9 Å². The largest absolute Gasteiger partial charge is 0.409 e. The van der Waals surface area contributed by atoms with Crippen molar-refractivity contribution in [3.63, 3.8) is 0 Å². The number of benzene rings is 1. The van der Waals surface area contributed by atoms with E-state index in [2.05, 4.69) is 26.4 Å². The molecule has 1 rings (SSSR count). The minimum Gasteiger partial charge on any atom is -0.409 e. The van der Waals surface area contributed by atoms with Gasteiger partial charge < -0.3 is 16.3 Å². The van der Waals surface area contributed by atoms with E-state index < -0.39 is 6.04 Å². The van der Waals surface area contributed by atoms with Crippen molar-refractivity contribution in [1.82, 2.24) is 5.32 Å². The van der Waals surface area contributed by atoms with E-state index in [9.17, 15) is 4.79 Å². The molecule has 0 saturated heterocycles. The second kappa shape index (κ2) is 7.00. The SMILES string of the molecule is CCCC(NC(=O)c1cccc(Br)c1)/C(N)=N/O. The lowest BCUT2D eigenvalue weighted by atomic mass is 10.1. The maximum Gasteiger partial charge on any atom is 0.251 e. The van der Waals surface area contributed by atoms with Crippen molar-refractivity contribution in [2.75, 3.05) is 0 Å². The minimum atomic E-state index is -0.452. The second-order valence-corrected chi connectivity index (χ2v) is 4.77. The molecular weight excluding hydrogens is 298 g/mol. The first-order chi connectivity index (χ1) is 8.58. The number of hydrogen-bond acceptors (Lipinski definition) is 3. The Morgan fingerprint density at radius 1 is 1.61 bits per heavy atom. The summed E-state index contributed by atoms with van der Waals surface area (Å²) in [5.74, 6) is -0.235. The van der Waals surface area contributed by atoms with Gasteiger partial charge in [-0.15, -0.1) is 0 Å². The molecule has 0 aliphatic carbocycles. The van der Waals surface area contributed by atoms with Crippen molar-refractivity contribution in [2.45, 2.75) is 25.8 Å². The van der Waals surface area contributed by atoms with Crippen LogP contribution in [0.25, 0.3) is 0 Å². The Morgan fingerprint density at radius 2 is 2.33 bits per heavy atom. The van der Waals surface area contributed by atoms with Crippen LogP contribution in [-0.2, 0) is 0 Å². The number of carbonyl (C=O) groups excluding carboxylic acids is 1. The van der Waals surface area contributed by atoms with Gasteiger partial charge in [0.05, 0.1) is 6.04 Å². The topological polar surface area (TPSA) is 87.7 Å². The lowest BCUT2D eigenvalue weighted by Crippen LogP contribution is -2.44. The van der Waals surface area contributed by atoms with Gasteiger partial charge in [-0.3, -0.25) is 4.79 Å². The third-order valence-corrected chi connectivity index (χ3v) is 2.94. The molecular formula is C12H16BrN3O2. The zero-order valence-electron chi connectivity index (χ0n) is 10.1. The van der Waals surface area contributed by atoms with Gasteiger partial charge in [-0.05, 0) is 24.6 Å². The summed E-state index contributed by atoms with van der Waals surface area (Å²) < 4.78 is 0.825. The summed E-state index contributed by atoms with van der Waals surface area (Å²) in [4.78, 5) is 12.0. The van der Waals surface area contributed by atoms with Crippen LogP contribution in [0.3, 0.4) is 0 Å². The van der Waals surface area contributed by atoms with Crippen LogP contribution in [0, 0.1) is 0 Å². The van der Waals surface area contributed by atoms with E-state index in [1.165, 1.54) is 0 Å². The van der Waals surface area contributed by atoms with Crippen molar-refractivity contribution in [3.8, 4) is 0 Å². The van der Waals surface area contributed by atoms with Crippen molar-refractivity contribution in [1.29, 1.82) is 0 Å². The molecule has 18 heavy (non-hydrogen) atoms. The van der Waals surface area contributed by atoms with Crippen LogP contribution < -0.4 is 11.1 Å². The molecule has 0 aromatic heterocycles. The molecule has 4 N–H and O–H groups in total. The summed E-state index contributed by atoms with van der Waals surface area (Å²) in [5, 5.41) is 14.3. The molecule has 1 unspecified atom stereocenters. The summed E-state index contributed by atoms with van der Waals surface area (Å²) >= 11 is 3.30. The van der Waals surface area contributed by atoms with Gasteiger partial charge in [-0.1, -0.05) is 40.5 Å². The molecule has 0 saturated carbocycles. The fraction of sp³-hybridized carbons (Fsp3) is 0.333. The number of amides is 1. The predicted octanol–water partition coefficient (Wildman–Crippen LogP) is 2.09. The van der Waals surface area contributed by atoms with Crippen LogP contribution in [0.5, 0.6) is 0 Å². The van der Waals surface area contributed by atoms with E-state index in [0.717, 1.165) is 10.9 Å². The molecule has 1 amide bonds. The van der Waals surface area contributed by atoms with Gasteiger partial charge in [0.1, 0.15) is 0 Å². The molecule has 0 aliphatic rings. The quantitative estimate of drug-likeness (QED) is 0.336. The zero-order valence-corrected chi connectivity index (χ0v) is 11.6. The monoisotopic (exact) mass is 313 g/mol. The van der Waals surface area contributed by atoms with E-state index in [1.54, 1.807) is 18.2 Å². The smallest absolute Gasteiger partial charge is 0.251 e. The van der Waals surface area contributed by atoms with Crippen LogP contribution >= 0.6 is 15.9 Å². The van der Waals surface area contributed by atoms with Gasteiger partial charge in [0.2, 0.25) is 0 Å². The fourth-order valence-electron chi connectivity index (χ4n) is 1.52. The molecule has 1 aromatic carbocycles. The Bertz CT molecular complexity index is 449. The molecule has 1 aromatic rings. The summed E-state index contributed by atoms with van der Waals surface area (Å²) in [6.45, 7) is 1.96. The number of oxime groups is 1. The van der Waals surface area contributed by atoms with E-state index in [4.69, 9.17) is 10.9 Å². The van der Waals surface area contributed by atoms with Gasteiger partial charge in [-0.25, -0.2) is 0 Å². The summed E-state index contributed by atoms with van der Waals surface area (Å²) in [5.41, 5.74) is 6.06. The van der Waals surface area contributed by atoms with Gasteiger partial charge in [-0.2, -0.15) is 0 Å². The number of carbonyl (C=O) groups is 1. The lowest BCUT2D eigenvalue weighted by Gasteiger charge is -2.16. The number of halogens is 1. The maximum absolute atomic E-state index is 12.0. The van der Waals surface area contributed by atoms with Crippen LogP contribution in [-0.4, -0.2) is 23.0 Å². The highest BCUT2D eigenvalue weighted by molar-refractivity contribution is 9.10. The minimum absolute atomic E-state index is 0.0141. The van der Waals surface area contributed by atoms with Gasteiger partial charge >= 0.3 is 0 Å². The Kier molecular flexibility index (Phi) is 5.64. The average molecular weight is 314 g/mol. The highest BCUT2D eigenvalue weighted by atomic mass is 79.9. The van der Waals surface area contributed by atoms with Gasteiger partial charge in [0.15, 0.2) is 5.84 Å². The first-order valence-corrected chi connectivity index (χ1v) is 6.41. The molecule has 0 radical (unpaired) electrons. The Hall–Kier alpha value is -1.56. The van der Waals surface area contributed by atoms with Gasteiger partial charge in [0.25, 0.3) is 5.91 Å². The van der Waals surface area contributed by atoms with Crippen molar-refractivity contribution in [3.05, 3.63) is 34.3 Å². The molecule has 5 nitrogen and oxygen atoms in total. The van der Waals surface area contributed by atoms with E-state index in [-0.39, 0.29) is 11.7 Å². The Morgan fingerprint density at radius 3 is 2.89 bits per heavy atom. The second-order valence-electron chi connectivity index (χ2n) is 3.85. The van der Waals surface area contributed by atoms with Crippen LogP contribution in [0.1, 0.15) is 30.1 Å². The molecule has 98 valence electrons. The van der Waals surface area contributed by atoms with Crippen LogP contribution in [0.4, 0.5) is 0 Å². The average Bonchev–Trinajstić information content (AvgIpc) is 2.37. The molecule has 0 fully saturated rings. The lowest BCUT2D eigenvalue weighted by molar-refractivity contribution is 0.0945. The Labute approximate surface area is 114 Å². The molecule has 0 bridgehead atoms. The molecule has 0 aliphatic heterocycles. The third-order valence-electron chi connectivity index (χ3n) is 2.44. The highest BCUT2D eigenvalue weighted by Gasteiger charge is 2.17.